The molecule has 3 rings (SSSR count). The first-order valence-corrected chi connectivity index (χ1v) is 7.35. The van der Waals surface area contributed by atoms with Gasteiger partial charge in [0.1, 0.15) is 12.9 Å². The van der Waals surface area contributed by atoms with E-state index in [0.717, 1.165) is 12.1 Å². The van der Waals surface area contributed by atoms with Gasteiger partial charge in [-0.15, -0.1) is 5.10 Å². The van der Waals surface area contributed by atoms with Gasteiger partial charge in [-0.3, -0.25) is 5.32 Å². The lowest BCUT2D eigenvalue weighted by molar-refractivity contribution is -0.137. The summed E-state index contributed by atoms with van der Waals surface area (Å²) in [5.74, 6) is 0. The molecule has 3 aromatic rings. The summed E-state index contributed by atoms with van der Waals surface area (Å²) in [6, 6.07) is 11.2. The summed E-state index contributed by atoms with van der Waals surface area (Å²) >= 11 is 0. The van der Waals surface area contributed by atoms with Gasteiger partial charge < -0.3 is 4.74 Å². The molecule has 0 bridgehead atoms. The maximum absolute atomic E-state index is 12.7. The lowest BCUT2D eigenvalue weighted by Crippen LogP contribution is -2.14. The number of carbonyl (C=O) groups is 1. The smallest absolute Gasteiger partial charge is 0.416 e. The Morgan fingerprint density at radius 1 is 1.15 bits per heavy atom. The fraction of sp³-hybridized carbons (Fsp3) is 0.125. The molecule has 7 nitrogen and oxygen atoms in total. The van der Waals surface area contributed by atoms with Gasteiger partial charge in [-0.25, -0.2) is 9.48 Å². The van der Waals surface area contributed by atoms with Crippen LogP contribution in [-0.2, 0) is 17.5 Å². The highest BCUT2D eigenvalue weighted by Crippen LogP contribution is 2.30. The van der Waals surface area contributed by atoms with Gasteiger partial charge in [0.05, 0.1) is 11.3 Å². The van der Waals surface area contributed by atoms with Crippen molar-refractivity contribution in [2.24, 2.45) is 0 Å². The minimum absolute atomic E-state index is 0.00716. The first kappa shape index (κ1) is 17.4. The van der Waals surface area contributed by atoms with Crippen molar-refractivity contribution in [3.8, 4) is 5.69 Å². The summed E-state index contributed by atoms with van der Waals surface area (Å²) in [6.45, 7) is -0.0687. The summed E-state index contributed by atoms with van der Waals surface area (Å²) < 4.78 is 44.5. The molecular formula is C16H12F3N5O2. The van der Waals surface area contributed by atoms with Crippen molar-refractivity contribution in [3.05, 3.63) is 66.0 Å². The van der Waals surface area contributed by atoms with Crippen molar-refractivity contribution in [2.45, 2.75) is 12.8 Å². The standard InChI is InChI=1S/C16H12F3N5O2/c17-16(18,19)12-4-2-5-13(8-12)21-15(25)26-9-11-3-1-6-14(7-11)24-10-20-22-23-24/h1-8,10H,9H2,(H,21,25). The van der Waals surface area contributed by atoms with E-state index < -0.39 is 17.8 Å². The molecular weight excluding hydrogens is 351 g/mol. The summed E-state index contributed by atoms with van der Waals surface area (Å²) in [5, 5.41) is 13.1. The number of hydrogen-bond donors (Lipinski definition) is 1. The molecule has 0 spiro atoms. The number of amides is 1. The molecule has 0 aliphatic carbocycles. The van der Waals surface area contributed by atoms with Gasteiger partial charge in [0.25, 0.3) is 0 Å². The van der Waals surface area contributed by atoms with Gasteiger partial charge in [-0.2, -0.15) is 13.2 Å². The molecule has 0 aliphatic rings. The summed E-state index contributed by atoms with van der Waals surface area (Å²) in [5.41, 5.74) is 0.475. The molecule has 1 aromatic heterocycles. The quantitative estimate of drug-likeness (QED) is 0.768. The van der Waals surface area contributed by atoms with E-state index in [1.807, 2.05) is 0 Å². The fourth-order valence-electron chi connectivity index (χ4n) is 2.14. The number of nitrogens with one attached hydrogen (secondary N) is 1. The summed E-state index contributed by atoms with van der Waals surface area (Å²) in [4.78, 5) is 11.8. The van der Waals surface area contributed by atoms with E-state index in [9.17, 15) is 18.0 Å². The third kappa shape index (κ3) is 4.35. The van der Waals surface area contributed by atoms with E-state index in [2.05, 4.69) is 20.8 Å². The van der Waals surface area contributed by atoms with E-state index in [0.29, 0.717) is 11.3 Å². The Kier molecular flexibility index (Phi) is 4.83. The molecule has 1 N–H and O–H groups in total. The first-order valence-electron chi connectivity index (χ1n) is 7.35. The van der Waals surface area contributed by atoms with Crippen LogP contribution in [0.1, 0.15) is 11.1 Å². The Labute approximate surface area is 145 Å². The largest absolute Gasteiger partial charge is 0.444 e. The molecule has 10 heteroatoms. The first-order chi connectivity index (χ1) is 12.4. The molecule has 0 saturated heterocycles. The van der Waals surface area contributed by atoms with Crippen LogP contribution in [0, 0.1) is 0 Å². The number of carbonyl (C=O) groups excluding carboxylic acids is 1. The van der Waals surface area contributed by atoms with Crippen LogP contribution in [0.25, 0.3) is 5.69 Å². The third-order valence-corrected chi connectivity index (χ3v) is 3.33. The summed E-state index contributed by atoms with van der Waals surface area (Å²) in [7, 11) is 0. The molecule has 0 radical (unpaired) electrons. The van der Waals surface area contributed by atoms with Crippen LogP contribution in [0.3, 0.4) is 0 Å². The normalized spacial score (nSPS) is 11.2. The Hall–Kier alpha value is -3.43. The minimum Gasteiger partial charge on any atom is -0.444 e. The van der Waals surface area contributed by atoms with Crippen molar-refractivity contribution in [2.75, 3.05) is 5.32 Å². The van der Waals surface area contributed by atoms with Crippen LogP contribution >= 0.6 is 0 Å². The number of ether oxygens (including phenoxy) is 1. The number of tetrazole rings is 1. The predicted octanol–water partition coefficient (Wildman–Crippen LogP) is 3.43. The van der Waals surface area contributed by atoms with Crippen LogP contribution in [0.15, 0.2) is 54.9 Å². The van der Waals surface area contributed by atoms with Gasteiger partial charge in [0.15, 0.2) is 0 Å². The number of benzene rings is 2. The predicted molar refractivity (Wildman–Crippen MR) is 84.4 cm³/mol. The maximum atomic E-state index is 12.7. The molecule has 1 amide bonds. The van der Waals surface area contributed by atoms with E-state index in [-0.39, 0.29) is 12.3 Å². The number of anilines is 1. The Morgan fingerprint density at radius 2 is 1.96 bits per heavy atom. The number of alkyl halides is 3. The van der Waals surface area contributed by atoms with E-state index >= 15 is 0 Å². The van der Waals surface area contributed by atoms with Crippen LogP contribution in [0.4, 0.5) is 23.7 Å². The highest BCUT2D eigenvalue weighted by Gasteiger charge is 2.30. The van der Waals surface area contributed by atoms with Crippen LogP contribution in [0.2, 0.25) is 0 Å². The zero-order chi connectivity index (χ0) is 18.6. The Bertz CT molecular complexity index is 897. The number of halogens is 3. The van der Waals surface area contributed by atoms with E-state index in [1.165, 1.54) is 23.1 Å². The van der Waals surface area contributed by atoms with Gasteiger partial charge in [-0.05, 0) is 46.3 Å². The van der Waals surface area contributed by atoms with Crippen molar-refractivity contribution >= 4 is 11.8 Å². The van der Waals surface area contributed by atoms with Crippen LogP contribution < -0.4 is 5.32 Å². The molecule has 26 heavy (non-hydrogen) atoms. The number of hydrogen-bond acceptors (Lipinski definition) is 5. The molecule has 2 aromatic carbocycles. The zero-order valence-corrected chi connectivity index (χ0v) is 13.1. The van der Waals surface area contributed by atoms with Gasteiger partial charge >= 0.3 is 12.3 Å². The highest BCUT2D eigenvalue weighted by molar-refractivity contribution is 5.84. The number of nitrogens with zero attached hydrogens (tertiary/aromatic N) is 4. The molecule has 1 heterocycles. The van der Waals surface area contributed by atoms with Gasteiger partial charge in [0.2, 0.25) is 0 Å². The molecule has 0 atom stereocenters. The highest BCUT2D eigenvalue weighted by atomic mass is 19.4. The SMILES string of the molecule is O=C(Nc1cccc(C(F)(F)F)c1)OCc1cccc(-n2cnnn2)c1. The second kappa shape index (κ2) is 7.21. The second-order valence-electron chi connectivity index (χ2n) is 5.20. The van der Waals surface area contributed by atoms with Crippen molar-refractivity contribution in [3.63, 3.8) is 0 Å². The lowest BCUT2D eigenvalue weighted by Gasteiger charge is -2.10. The fourth-order valence-corrected chi connectivity index (χ4v) is 2.14. The minimum atomic E-state index is -4.49. The molecule has 0 aliphatic heterocycles. The Morgan fingerprint density at radius 3 is 2.69 bits per heavy atom. The Balaban J connectivity index is 1.60. The number of rotatable bonds is 4. The molecule has 0 unspecified atom stereocenters. The summed E-state index contributed by atoms with van der Waals surface area (Å²) in [6.07, 6.45) is -3.93. The average molecular weight is 363 g/mol. The number of aromatic nitrogens is 4. The third-order valence-electron chi connectivity index (χ3n) is 3.33. The van der Waals surface area contributed by atoms with Crippen molar-refractivity contribution in [1.82, 2.24) is 20.2 Å². The van der Waals surface area contributed by atoms with Gasteiger partial charge in [0, 0.05) is 5.69 Å². The van der Waals surface area contributed by atoms with Crippen LogP contribution in [0.5, 0.6) is 0 Å². The molecule has 0 fully saturated rings. The zero-order valence-electron chi connectivity index (χ0n) is 13.1. The van der Waals surface area contributed by atoms with E-state index in [4.69, 9.17) is 4.74 Å². The maximum Gasteiger partial charge on any atom is 0.416 e. The van der Waals surface area contributed by atoms with Crippen molar-refractivity contribution in [1.29, 1.82) is 0 Å². The lowest BCUT2D eigenvalue weighted by atomic mass is 10.2. The molecule has 134 valence electrons. The van der Waals surface area contributed by atoms with Crippen molar-refractivity contribution < 1.29 is 22.7 Å². The monoisotopic (exact) mass is 363 g/mol. The van der Waals surface area contributed by atoms with Crippen LogP contribution in [-0.4, -0.2) is 26.3 Å². The second-order valence-corrected chi connectivity index (χ2v) is 5.20. The molecule has 0 saturated carbocycles. The van der Waals surface area contributed by atoms with E-state index in [1.54, 1.807) is 24.3 Å². The topological polar surface area (TPSA) is 81.9 Å². The van der Waals surface area contributed by atoms with Gasteiger partial charge in [-0.1, -0.05) is 18.2 Å². The average Bonchev–Trinajstić information content (AvgIpc) is 3.14.